The first-order valence-electron chi connectivity index (χ1n) is 9.46. The summed E-state index contributed by atoms with van der Waals surface area (Å²) in [7, 11) is 0. The molecular formula is C24H18FN3S. The van der Waals surface area contributed by atoms with Crippen molar-refractivity contribution in [3.8, 4) is 11.3 Å². The average Bonchev–Trinajstić information content (AvgIpc) is 3.43. The first kappa shape index (κ1) is 17.8. The summed E-state index contributed by atoms with van der Waals surface area (Å²) < 4.78 is 13.3. The molecule has 1 aliphatic heterocycles. The third-order valence-electron chi connectivity index (χ3n) is 5.03. The highest BCUT2D eigenvalue weighted by atomic mass is 32.1. The fourth-order valence-electron chi connectivity index (χ4n) is 3.55. The molecule has 0 aliphatic carbocycles. The Labute approximate surface area is 172 Å². The van der Waals surface area contributed by atoms with E-state index >= 15 is 0 Å². The molecule has 3 nitrogen and oxygen atoms in total. The summed E-state index contributed by atoms with van der Waals surface area (Å²) >= 11 is 1.56. The van der Waals surface area contributed by atoms with Gasteiger partial charge in [-0.15, -0.1) is 11.3 Å². The highest BCUT2D eigenvalue weighted by Gasteiger charge is 2.31. The lowest BCUT2D eigenvalue weighted by Crippen LogP contribution is -2.18. The highest BCUT2D eigenvalue weighted by molar-refractivity contribution is 7.14. The van der Waals surface area contributed by atoms with Gasteiger partial charge in [-0.3, -0.25) is 0 Å². The number of aromatic nitrogens is 1. The molecule has 1 atom stereocenters. The molecule has 142 valence electrons. The molecule has 0 fully saturated rings. The number of hydrazone groups is 1. The molecule has 0 unspecified atom stereocenters. The van der Waals surface area contributed by atoms with Gasteiger partial charge >= 0.3 is 0 Å². The fraction of sp³-hybridized carbons (Fsp3) is 0.0833. The van der Waals surface area contributed by atoms with Gasteiger partial charge in [0.05, 0.1) is 17.4 Å². The molecule has 29 heavy (non-hydrogen) atoms. The van der Waals surface area contributed by atoms with Crippen LogP contribution in [0.1, 0.15) is 23.6 Å². The highest BCUT2D eigenvalue weighted by Crippen LogP contribution is 2.39. The minimum Gasteiger partial charge on any atom is -0.231 e. The predicted octanol–water partition coefficient (Wildman–Crippen LogP) is 6.30. The van der Waals surface area contributed by atoms with E-state index in [1.807, 2.05) is 34.7 Å². The number of nitrogens with zero attached hydrogens (tertiary/aromatic N) is 3. The van der Waals surface area contributed by atoms with Crippen LogP contribution >= 0.6 is 11.3 Å². The molecule has 1 aromatic heterocycles. The van der Waals surface area contributed by atoms with E-state index in [0.717, 1.165) is 34.1 Å². The molecule has 0 saturated heterocycles. The number of benzene rings is 3. The van der Waals surface area contributed by atoms with Crippen molar-refractivity contribution in [2.45, 2.75) is 12.5 Å². The summed E-state index contributed by atoms with van der Waals surface area (Å²) in [6.45, 7) is 0. The summed E-state index contributed by atoms with van der Waals surface area (Å²) in [5, 5.41) is 9.81. The molecule has 3 aromatic carbocycles. The van der Waals surface area contributed by atoms with Crippen LogP contribution < -0.4 is 5.01 Å². The summed E-state index contributed by atoms with van der Waals surface area (Å²) in [5.41, 5.74) is 5.13. The van der Waals surface area contributed by atoms with E-state index in [1.165, 1.54) is 17.7 Å². The fourth-order valence-corrected chi connectivity index (χ4v) is 4.38. The van der Waals surface area contributed by atoms with Crippen molar-refractivity contribution in [2.24, 2.45) is 5.10 Å². The molecule has 0 bridgehead atoms. The number of rotatable bonds is 4. The molecule has 0 saturated carbocycles. The van der Waals surface area contributed by atoms with E-state index in [1.54, 1.807) is 23.5 Å². The van der Waals surface area contributed by atoms with Crippen molar-refractivity contribution in [3.05, 3.63) is 107 Å². The van der Waals surface area contributed by atoms with Gasteiger partial charge in [0.25, 0.3) is 0 Å². The minimum absolute atomic E-state index is 0.0959. The Morgan fingerprint density at radius 3 is 2.24 bits per heavy atom. The number of hydrogen-bond acceptors (Lipinski definition) is 4. The lowest BCUT2D eigenvalue weighted by Gasteiger charge is -2.21. The zero-order chi connectivity index (χ0) is 19.6. The molecule has 5 heteroatoms. The Morgan fingerprint density at radius 1 is 0.828 bits per heavy atom. The topological polar surface area (TPSA) is 28.5 Å². The molecular weight excluding hydrogens is 381 g/mol. The van der Waals surface area contributed by atoms with Gasteiger partial charge in [-0.2, -0.15) is 5.10 Å². The third-order valence-corrected chi connectivity index (χ3v) is 5.86. The smallest absolute Gasteiger partial charge is 0.207 e. The number of anilines is 1. The molecule has 0 spiro atoms. The van der Waals surface area contributed by atoms with Gasteiger partial charge in [-0.1, -0.05) is 60.7 Å². The van der Waals surface area contributed by atoms with Crippen LogP contribution in [0, 0.1) is 5.82 Å². The molecule has 2 heterocycles. The second-order valence-electron chi connectivity index (χ2n) is 6.91. The molecule has 1 aliphatic rings. The van der Waals surface area contributed by atoms with Crippen LogP contribution in [0.15, 0.2) is 95.4 Å². The number of thiazole rings is 1. The Morgan fingerprint density at radius 2 is 1.52 bits per heavy atom. The van der Waals surface area contributed by atoms with Crippen molar-refractivity contribution < 1.29 is 4.39 Å². The number of halogens is 1. The normalized spacial score (nSPS) is 16.1. The van der Waals surface area contributed by atoms with E-state index < -0.39 is 0 Å². The van der Waals surface area contributed by atoms with Crippen LogP contribution in [0.2, 0.25) is 0 Å². The Balaban J connectivity index is 1.53. The van der Waals surface area contributed by atoms with Gasteiger partial charge in [-0.05, 0) is 35.4 Å². The average molecular weight is 399 g/mol. The molecule has 0 radical (unpaired) electrons. The Kier molecular flexibility index (Phi) is 4.66. The largest absolute Gasteiger partial charge is 0.231 e. The second-order valence-corrected chi connectivity index (χ2v) is 7.75. The third kappa shape index (κ3) is 3.57. The minimum atomic E-state index is -0.245. The SMILES string of the molecule is Fc1ccc(-c2csc(N3N=C(c4ccccc4)C[C@@H]3c3ccccc3)n2)cc1. The van der Waals surface area contributed by atoms with Crippen LogP contribution in [-0.4, -0.2) is 10.7 Å². The summed E-state index contributed by atoms with van der Waals surface area (Å²) in [5.74, 6) is -0.245. The summed E-state index contributed by atoms with van der Waals surface area (Å²) in [6, 6.07) is 27.2. The van der Waals surface area contributed by atoms with Gasteiger partial charge in [-0.25, -0.2) is 14.4 Å². The Bertz CT molecular complexity index is 1140. The van der Waals surface area contributed by atoms with E-state index in [9.17, 15) is 4.39 Å². The molecule has 0 amide bonds. The number of hydrogen-bond donors (Lipinski definition) is 0. The van der Waals surface area contributed by atoms with E-state index in [4.69, 9.17) is 10.1 Å². The first-order chi connectivity index (χ1) is 14.3. The van der Waals surface area contributed by atoms with E-state index in [-0.39, 0.29) is 11.9 Å². The quantitative estimate of drug-likeness (QED) is 0.403. The van der Waals surface area contributed by atoms with Gasteiger partial charge in [0.15, 0.2) is 0 Å². The van der Waals surface area contributed by atoms with E-state index in [0.29, 0.717) is 0 Å². The zero-order valence-corrected chi connectivity index (χ0v) is 16.4. The van der Waals surface area contributed by atoms with Crippen LogP contribution in [0.3, 0.4) is 0 Å². The van der Waals surface area contributed by atoms with Gasteiger partial charge in [0, 0.05) is 17.4 Å². The standard InChI is InChI=1S/C24H18FN3S/c25-20-13-11-18(12-14-20)22-16-29-24(26-22)28-23(19-9-5-2-6-10-19)15-21(27-28)17-7-3-1-4-8-17/h1-14,16,23H,15H2/t23-/m1/s1. The Hall–Kier alpha value is -3.31. The molecule has 4 aromatic rings. The summed E-state index contributed by atoms with van der Waals surface area (Å²) in [6.07, 6.45) is 0.819. The zero-order valence-electron chi connectivity index (χ0n) is 15.6. The van der Waals surface area contributed by atoms with Gasteiger partial charge in [0.2, 0.25) is 5.13 Å². The van der Waals surface area contributed by atoms with Crippen LogP contribution in [0.25, 0.3) is 11.3 Å². The van der Waals surface area contributed by atoms with Crippen LogP contribution in [0.5, 0.6) is 0 Å². The molecule has 5 rings (SSSR count). The van der Waals surface area contributed by atoms with Crippen LogP contribution in [-0.2, 0) is 0 Å². The van der Waals surface area contributed by atoms with Crippen molar-refractivity contribution in [1.82, 2.24) is 4.98 Å². The van der Waals surface area contributed by atoms with Crippen molar-refractivity contribution >= 4 is 22.2 Å². The lowest BCUT2D eigenvalue weighted by atomic mass is 9.99. The van der Waals surface area contributed by atoms with E-state index in [2.05, 4.69) is 36.4 Å². The maximum absolute atomic E-state index is 13.3. The molecule has 0 N–H and O–H groups in total. The predicted molar refractivity (Wildman–Crippen MR) is 117 cm³/mol. The first-order valence-corrected chi connectivity index (χ1v) is 10.3. The van der Waals surface area contributed by atoms with Crippen LogP contribution in [0.4, 0.5) is 9.52 Å². The lowest BCUT2D eigenvalue weighted by molar-refractivity contribution is 0.628. The van der Waals surface area contributed by atoms with Crippen molar-refractivity contribution in [3.63, 3.8) is 0 Å². The summed E-state index contributed by atoms with van der Waals surface area (Å²) in [4.78, 5) is 4.81. The van der Waals surface area contributed by atoms with Gasteiger partial charge in [0.1, 0.15) is 5.82 Å². The second kappa shape index (κ2) is 7.60. The van der Waals surface area contributed by atoms with Crippen molar-refractivity contribution in [2.75, 3.05) is 5.01 Å². The van der Waals surface area contributed by atoms with Gasteiger partial charge < -0.3 is 0 Å². The van der Waals surface area contributed by atoms with Crippen molar-refractivity contribution in [1.29, 1.82) is 0 Å². The monoisotopic (exact) mass is 399 g/mol. The maximum atomic E-state index is 13.3. The maximum Gasteiger partial charge on any atom is 0.207 e.